The third-order valence-corrected chi connectivity index (χ3v) is 3.71. The molecule has 23 heavy (non-hydrogen) atoms. The summed E-state index contributed by atoms with van der Waals surface area (Å²) in [5.74, 6) is 0.436. The van der Waals surface area contributed by atoms with Gasteiger partial charge in [0, 0.05) is 11.1 Å². The number of hydrogen-bond acceptors (Lipinski definition) is 4. The molecule has 2 aromatic rings. The van der Waals surface area contributed by atoms with Gasteiger partial charge in [0.2, 0.25) is 0 Å². The predicted molar refractivity (Wildman–Crippen MR) is 90.7 cm³/mol. The van der Waals surface area contributed by atoms with Crippen LogP contribution in [0.3, 0.4) is 0 Å². The highest BCUT2D eigenvalue weighted by atomic mass is 16.5. The van der Waals surface area contributed by atoms with Crippen molar-refractivity contribution in [2.75, 3.05) is 6.61 Å². The molecule has 3 rings (SSSR count). The van der Waals surface area contributed by atoms with E-state index < -0.39 is 0 Å². The van der Waals surface area contributed by atoms with E-state index in [1.807, 2.05) is 31.2 Å². The van der Waals surface area contributed by atoms with Crippen LogP contribution < -0.4 is 4.74 Å². The smallest absolute Gasteiger partial charge is 0.199 e. The molecule has 116 valence electrons. The largest absolute Gasteiger partial charge is 0.506 e. The van der Waals surface area contributed by atoms with Crippen molar-refractivity contribution < 1.29 is 14.6 Å². The number of ketones is 1. The molecular weight excluding hydrogens is 290 g/mol. The molecule has 0 spiro atoms. The van der Waals surface area contributed by atoms with Crippen LogP contribution in [0.5, 0.6) is 5.75 Å². The molecule has 0 aromatic heterocycles. The zero-order valence-corrected chi connectivity index (χ0v) is 13.0. The summed E-state index contributed by atoms with van der Waals surface area (Å²) in [6, 6.07) is 14.4. The monoisotopic (exact) mass is 307 g/mol. The fourth-order valence-electron chi connectivity index (χ4n) is 2.66. The number of Topliss-reactive ketones (excluding diaryl/α,β-unsaturated/α-hetero) is 1. The van der Waals surface area contributed by atoms with Crippen LogP contribution in [-0.2, 0) is 0 Å². The lowest BCUT2D eigenvalue weighted by molar-refractivity contribution is 0.104. The van der Waals surface area contributed by atoms with E-state index in [1.165, 1.54) is 0 Å². The minimum atomic E-state index is -0.201. The Morgan fingerprint density at radius 1 is 1.09 bits per heavy atom. The number of ether oxygens (including phenoxy) is 1. The van der Waals surface area contributed by atoms with Crippen molar-refractivity contribution in [1.82, 2.24) is 0 Å². The predicted octanol–water partition coefficient (Wildman–Crippen LogP) is 4.34. The van der Waals surface area contributed by atoms with Crippen LogP contribution in [0.15, 0.2) is 59.1 Å². The van der Waals surface area contributed by atoms with Gasteiger partial charge in [-0.3, -0.25) is 4.79 Å². The van der Waals surface area contributed by atoms with E-state index in [0.29, 0.717) is 34.9 Å². The molecule has 0 heterocycles. The summed E-state index contributed by atoms with van der Waals surface area (Å²) in [5.41, 5.74) is 2.41. The molecule has 0 aliphatic heterocycles. The summed E-state index contributed by atoms with van der Waals surface area (Å²) >= 11 is 0. The molecular formula is C19H17NO3. The van der Waals surface area contributed by atoms with Gasteiger partial charge in [0.05, 0.1) is 17.9 Å². The maximum atomic E-state index is 12.5. The Morgan fingerprint density at radius 3 is 2.43 bits per heavy atom. The average molecular weight is 307 g/mol. The van der Waals surface area contributed by atoms with Crippen molar-refractivity contribution in [1.29, 1.82) is 0 Å². The highest BCUT2D eigenvalue weighted by molar-refractivity contribution is 6.35. The lowest BCUT2D eigenvalue weighted by atomic mass is 10.1. The lowest BCUT2D eigenvalue weighted by Crippen LogP contribution is -2.07. The number of rotatable bonds is 4. The second-order valence-electron chi connectivity index (χ2n) is 5.20. The SMILES string of the molecule is CCOc1ccccc1N=C(C)C1=C(O)c2ccccc2C1=O. The van der Waals surface area contributed by atoms with E-state index >= 15 is 0 Å². The molecule has 0 atom stereocenters. The number of carbonyl (C=O) groups excluding carboxylic acids is 1. The Kier molecular flexibility index (Phi) is 3.98. The number of aliphatic hydroxyl groups excluding tert-OH is 1. The third-order valence-electron chi connectivity index (χ3n) is 3.71. The van der Waals surface area contributed by atoms with Crippen LogP contribution in [0.1, 0.15) is 29.8 Å². The maximum absolute atomic E-state index is 12.5. The van der Waals surface area contributed by atoms with Crippen molar-refractivity contribution in [3.8, 4) is 5.75 Å². The van der Waals surface area contributed by atoms with E-state index in [1.54, 1.807) is 31.2 Å². The van der Waals surface area contributed by atoms with Crippen LogP contribution in [0, 0.1) is 0 Å². The Labute approximate surface area is 134 Å². The number of para-hydroxylation sites is 2. The number of fused-ring (bicyclic) bond motifs is 1. The first-order valence-corrected chi connectivity index (χ1v) is 7.48. The fourth-order valence-corrected chi connectivity index (χ4v) is 2.66. The maximum Gasteiger partial charge on any atom is 0.199 e. The van der Waals surface area contributed by atoms with Gasteiger partial charge in [0.1, 0.15) is 17.2 Å². The van der Waals surface area contributed by atoms with Gasteiger partial charge in [-0.1, -0.05) is 36.4 Å². The highest BCUT2D eigenvalue weighted by Crippen LogP contribution is 2.33. The highest BCUT2D eigenvalue weighted by Gasteiger charge is 2.30. The molecule has 1 aliphatic carbocycles. The number of benzene rings is 2. The summed E-state index contributed by atoms with van der Waals surface area (Å²) in [5, 5.41) is 10.4. The fraction of sp³-hybridized carbons (Fsp3) is 0.158. The van der Waals surface area contributed by atoms with Crippen LogP contribution >= 0.6 is 0 Å². The average Bonchev–Trinajstić information content (AvgIpc) is 2.81. The van der Waals surface area contributed by atoms with E-state index in [2.05, 4.69) is 4.99 Å². The molecule has 0 radical (unpaired) electrons. The van der Waals surface area contributed by atoms with E-state index in [9.17, 15) is 9.90 Å². The van der Waals surface area contributed by atoms with Crippen molar-refractivity contribution in [2.45, 2.75) is 13.8 Å². The molecule has 1 N–H and O–H groups in total. The van der Waals surface area contributed by atoms with Gasteiger partial charge < -0.3 is 9.84 Å². The topological polar surface area (TPSA) is 58.9 Å². The summed E-state index contributed by atoms with van der Waals surface area (Å²) in [4.78, 5) is 17.0. The van der Waals surface area contributed by atoms with Gasteiger partial charge in [0.15, 0.2) is 5.78 Å². The molecule has 2 aromatic carbocycles. The number of allylic oxidation sites excluding steroid dienone is 1. The molecule has 0 saturated heterocycles. The van der Waals surface area contributed by atoms with E-state index in [-0.39, 0.29) is 17.1 Å². The molecule has 0 bridgehead atoms. The van der Waals surface area contributed by atoms with Gasteiger partial charge in [0.25, 0.3) is 0 Å². The minimum Gasteiger partial charge on any atom is -0.506 e. The normalized spacial score (nSPS) is 14.2. The first kappa shape index (κ1) is 15.0. The van der Waals surface area contributed by atoms with E-state index in [0.717, 1.165) is 0 Å². The van der Waals surface area contributed by atoms with Gasteiger partial charge in [-0.05, 0) is 26.0 Å². The Morgan fingerprint density at radius 2 is 1.74 bits per heavy atom. The molecule has 0 saturated carbocycles. The first-order chi connectivity index (χ1) is 11.1. The molecule has 0 amide bonds. The number of aliphatic imine (C=N–C) groups is 1. The number of carbonyl (C=O) groups is 1. The molecule has 1 aliphatic rings. The van der Waals surface area contributed by atoms with Crippen LogP contribution in [0.2, 0.25) is 0 Å². The molecule has 4 nitrogen and oxygen atoms in total. The summed E-state index contributed by atoms with van der Waals surface area (Å²) < 4.78 is 5.55. The number of hydrogen-bond donors (Lipinski definition) is 1. The summed E-state index contributed by atoms with van der Waals surface area (Å²) in [7, 11) is 0. The van der Waals surface area contributed by atoms with Crippen LogP contribution in [0.25, 0.3) is 5.76 Å². The second-order valence-corrected chi connectivity index (χ2v) is 5.20. The quantitative estimate of drug-likeness (QED) is 0.855. The van der Waals surface area contributed by atoms with Gasteiger partial charge in [-0.15, -0.1) is 0 Å². The first-order valence-electron chi connectivity index (χ1n) is 7.48. The second kappa shape index (κ2) is 6.08. The Bertz CT molecular complexity index is 834. The summed E-state index contributed by atoms with van der Waals surface area (Å²) in [6.45, 7) is 4.15. The zero-order chi connectivity index (χ0) is 16.4. The number of aliphatic hydroxyl groups is 1. The van der Waals surface area contributed by atoms with Crippen molar-refractivity contribution in [3.63, 3.8) is 0 Å². The minimum absolute atomic E-state index is 0.0132. The molecule has 0 unspecified atom stereocenters. The third kappa shape index (κ3) is 2.63. The van der Waals surface area contributed by atoms with Crippen LogP contribution in [0.4, 0.5) is 5.69 Å². The van der Waals surface area contributed by atoms with Gasteiger partial charge in [-0.2, -0.15) is 0 Å². The van der Waals surface area contributed by atoms with Crippen molar-refractivity contribution in [2.24, 2.45) is 4.99 Å². The number of nitrogens with zero attached hydrogens (tertiary/aromatic N) is 1. The van der Waals surface area contributed by atoms with Gasteiger partial charge >= 0.3 is 0 Å². The molecule has 4 heteroatoms. The van der Waals surface area contributed by atoms with Crippen molar-refractivity contribution in [3.05, 3.63) is 65.2 Å². The Hall–Kier alpha value is -2.88. The zero-order valence-electron chi connectivity index (χ0n) is 13.0. The summed E-state index contributed by atoms with van der Waals surface area (Å²) in [6.07, 6.45) is 0. The van der Waals surface area contributed by atoms with Gasteiger partial charge in [-0.25, -0.2) is 4.99 Å². The standard InChI is InChI=1S/C19H17NO3/c1-3-23-16-11-7-6-10-15(16)20-12(2)17-18(21)13-8-4-5-9-14(13)19(17)22/h4-11,21H,3H2,1-2H3. The van der Waals surface area contributed by atoms with Crippen LogP contribution in [-0.4, -0.2) is 23.2 Å². The van der Waals surface area contributed by atoms with E-state index in [4.69, 9.17) is 4.74 Å². The van der Waals surface area contributed by atoms with Crippen molar-refractivity contribution >= 4 is 22.9 Å². The molecule has 0 fully saturated rings. The lowest BCUT2D eigenvalue weighted by Gasteiger charge is -2.08. The Balaban J connectivity index is 2.04.